The van der Waals surface area contributed by atoms with E-state index in [2.05, 4.69) is 5.32 Å². The van der Waals surface area contributed by atoms with Crippen LogP contribution in [0.3, 0.4) is 0 Å². The molecule has 1 aromatic rings. The van der Waals surface area contributed by atoms with Crippen molar-refractivity contribution in [3.63, 3.8) is 0 Å². The number of hydrogen-bond donors (Lipinski definition) is 1. The van der Waals surface area contributed by atoms with E-state index >= 15 is 0 Å². The van der Waals surface area contributed by atoms with Crippen LogP contribution in [0.25, 0.3) is 0 Å². The predicted molar refractivity (Wildman–Crippen MR) is 76.5 cm³/mol. The zero-order valence-electron chi connectivity index (χ0n) is 12.5. The molecule has 0 aromatic heterocycles. The number of amides is 1. The molecule has 0 atom stereocenters. The van der Waals surface area contributed by atoms with Crippen molar-refractivity contribution in [3.05, 3.63) is 35.1 Å². The van der Waals surface area contributed by atoms with Gasteiger partial charge in [0, 0.05) is 19.6 Å². The fourth-order valence-electron chi connectivity index (χ4n) is 3.44. The lowest BCUT2D eigenvalue weighted by Crippen LogP contribution is -2.44. The van der Waals surface area contributed by atoms with Gasteiger partial charge < -0.3 is 10.2 Å². The van der Waals surface area contributed by atoms with E-state index in [9.17, 15) is 22.4 Å². The summed E-state index contributed by atoms with van der Waals surface area (Å²) in [6, 6.07) is 1.98. The first-order chi connectivity index (χ1) is 10.8. The molecule has 2 heterocycles. The fraction of sp³-hybridized carbons (Fsp3) is 0.562. The minimum atomic E-state index is -4.59. The fourth-order valence-corrected chi connectivity index (χ4v) is 3.44. The van der Waals surface area contributed by atoms with Gasteiger partial charge in [0.25, 0.3) is 5.91 Å². The molecule has 126 valence electrons. The molecule has 23 heavy (non-hydrogen) atoms. The second-order valence-electron chi connectivity index (χ2n) is 6.41. The lowest BCUT2D eigenvalue weighted by Gasteiger charge is -2.39. The summed E-state index contributed by atoms with van der Waals surface area (Å²) in [6.07, 6.45) is -1.95. The number of alkyl halides is 3. The average molecular weight is 330 g/mol. The highest BCUT2D eigenvalue weighted by atomic mass is 19.4. The minimum Gasteiger partial charge on any atom is -0.339 e. The summed E-state index contributed by atoms with van der Waals surface area (Å²) in [7, 11) is 0. The van der Waals surface area contributed by atoms with Crippen molar-refractivity contribution in [3.8, 4) is 0 Å². The molecule has 2 aliphatic rings. The summed E-state index contributed by atoms with van der Waals surface area (Å²) in [5.41, 5.74) is -1.32. The Labute approximate surface area is 131 Å². The van der Waals surface area contributed by atoms with Gasteiger partial charge >= 0.3 is 6.18 Å². The van der Waals surface area contributed by atoms with Crippen molar-refractivity contribution in [1.29, 1.82) is 0 Å². The number of likely N-dealkylation sites (tertiary alicyclic amines) is 1. The van der Waals surface area contributed by atoms with Crippen LogP contribution in [-0.2, 0) is 6.18 Å². The van der Waals surface area contributed by atoms with E-state index in [0.29, 0.717) is 31.3 Å². The van der Waals surface area contributed by atoms with Crippen LogP contribution < -0.4 is 5.32 Å². The van der Waals surface area contributed by atoms with Crippen molar-refractivity contribution < 1.29 is 22.4 Å². The van der Waals surface area contributed by atoms with Crippen molar-refractivity contribution in [2.45, 2.75) is 25.4 Å². The van der Waals surface area contributed by atoms with E-state index < -0.39 is 29.0 Å². The number of nitrogens with one attached hydrogen (secondary N) is 1. The summed E-state index contributed by atoms with van der Waals surface area (Å²) in [5.74, 6) is -1.57. The third-order valence-corrected chi connectivity index (χ3v) is 4.97. The zero-order valence-corrected chi connectivity index (χ0v) is 12.5. The lowest BCUT2D eigenvalue weighted by molar-refractivity contribution is -0.137. The van der Waals surface area contributed by atoms with Gasteiger partial charge in [0.2, 0.25) is 0 Å². The summed E-state index contributed by atoms with van der Waals surface area (Å²) in [6.45, 7) is 2.77. The molecule has 1 aromatic carbocycles. The first kappa shape index (κ1) is 16.2. The largest absolute Gasteiger partial charge is 0.416 e. The smallest absolute Gasteiger partial charge is 0.339 e. The Bertz CT molecular complexity index is 599. The third kappa shape index (κ3) is 3.20. The number of piperidine rings is 1. The van der Waals surface area contributed by atoms with Crippen molar-refractivity contribution >= 4 is 5.91 Å². The number of halogens is 4. The quantitative estimate of drug-likeness (QED) is 0.803. The summed E-state index contributed by atoms with van der Waals surface area (Å²) >= 11 is 0. The number of carbonyl (C=O) groups excluding carboxylic acids is 1. The van der Waals surface area contributed by atoms with E-state index in [0.717, 1.165) is 32.4 Å². The van der Waals surface area contributed by atoms with Crippen LogP contribution in [-0.4, -0.2) is 37.0 Å². The number of hydrogen-bond acceptors (Lipinski definition) is 2. The van der Waals surface area contributed by atoms with Gasteiger partial charge in [-0.1, -0.05) is 0 Å². The first-order valence-electron chi connectivity index (χ1n) is 7.68. The Morgan fingerprint density at radius 2 is 1.87 bits per heavy atom. The van der Waals surface area contributed by atoms with Crippen molar-refractivity contribution in [2.75, 3.05) is 26.2 Å². The molecule has 1 amide bonds. The van der Waals surface area contributed by atoms with Crippen molar-refractivity contribution in [2.24, 2.45) is 5.41 Å². The van der Waals surface area contributed by atoms with Gasteiger partial charge in [-0.2, -0.15) is 13.2 Å². The Hall–Kier alpha value is -1.63. The molecule has 1 spiro atoms. The monoisotopic (exact) mass is 330 g/mol. The molecule has 0 unspecified atom stereocenters. The summed E-state index contributed by atoms with van der Waals surface area (Å²) in [4.78, 5) is 13.9. The van der Waals surface area contributed by atoms with Gasteiger partial charge in [0.15, 0.2) is 0 Å². The van der Waals surface area contributed by atoms with Crippen LogP contribution in [0.15, 0.2) is 18.2 Å². The SMILES string of the molecule is O=C(c1cc(C(F)(F)F)ccc1F)N1CCC2(CCNC2)CC1. The molecule has 2 aliphatic heterocycles. The topological polar surface area (TPSA) is 32.3 Å². The van der Waals surface area contributed by atoms with Gasteiger partial charge in [0.1, 0.15) is 5.82 Å². The Morgan fingerprint density at radius 3 is 2.43 bits per heavy atom. The number of rotatable bonds is 1. The van der Waals surface area contributed by atoms with Gasteiger partial charge in [-0.05, 0) is 49.4 Å². The van der Waals surface area contributed by atoms with E-state index in [4.69, 9.17) is 0 Å². The highest BCUT2D eigenvalue weighted by molar-refractivity contribution is 5.94. The Balaban J connectivity index is 1.76. The average Bonchev–Trinajstić information content (AvgIpc) is 2.95. The molecule has 3 nitrogen and oxygen atoms in total. The van der Waals surface area contributed by atoms with Gasteiger partial charge in [-0.3, -0.25) is 4.79 Å². The second-order valence-corrected chi connectivity index (χ2v) is 6.41. The number of benzene rings is 1. The Morgan fingerprint density at radius 1 is 1.17 bits per heavy atom. The van der Waals surface area contributed by atoms with Crippen molar-refractivity contribution in [1.82, 2.24) is 10.2 Å². The Kier molecular flexibility index (Phi) is 4.08. The van der Waals surface area contributed by atoms with Crippen LogP contribution in [0.4, 0.5) is 17.6 Å². The lowest BCUT2D eigenvalue weighted by atomic mass is 9.78. The molecule has 0 saturated carbocycles. The maximum Gasteiger partial charge on any atom is 0.416 e. The van der Waals surface area contributed by atoms with E-state index in [1.165, 1.54) is 4.90 Å². The molecular weight excluding hydrogens is 312 g/mol. The maximum atomic E-state index is 13.8. The molecule has 0 bridgehead atoms. The third-order valence-electron chi connectivity index (χ3n) is 4.97. The number of nitrogens with zero attached hydrogens (tertiary/aromatic N) is 1. The summed E-state index contributed by atoms with van der Waals surface area (Å²) in [5, 5.41) is 3.30. The first-order valence-corrected chi connectivity index (χ1v) is 7.68. The molecule has 2 fully saturated rings. The molecule has 2 saturated heterocycles. The minimum absolute atomic E-state index is 0.184. The normalized spacial score (nSPS) is 21.0. The second kappa shape index (κ2) is 5.78. The molecule has 3 rings (SSSR count). The van der Waals surface area contributed by atoms with Crippen LogP contribution >= 0.6 is 0 Å². The highest BCUT2D eigenvalue weighted by Gasteiger charge is 2.39. The van der Waals surface area contributed by atoms with Crippen LogP contribution in [0.5, 0.6) is 0 Å². The summed E-state index contributed by atoms with van der Waals surface area (Å²) < 4.78 is 52.1. The van der Waals surface area contributed by atoms with Crippen LogP contribution in [0.2, 0.25) is 0 Å². The standard InChI is InChI=1S/C16H18F4N2O/c17-13-2-1-11(16(18,19)20)9-12(13)14(23)22-7-4-15(5-8-22)3-6-21-10-15/h1-2,9,21H,3-8,10H2. The van der Waals surface area contributed by atoms with Gasteiger partial charge in [-0.15, -0.1) is 0 Å². The molecular formula is C16H18F4N2O. The van der Waals surface area contributed by atoms with Crippen LogP contribution in [0, 0.1) is 11.2 Å². The molecule has 0 radical (unpaired) electrons. The number of carbonyl (C=O) groups is 1. The maximum absolute atomic E-state index is 13.8. The van der Waals surface area contributed by atoms with E-state index in [-0.39, 0.29) is 5.41 Å². The van der Waals surface area contributed by atoms with Crippen LogP contribution in [0.1, 0.15) is 35.2 Å². The van der Waals surface area contributed by atoms with E-state index in [1.807, 2.05) is 0 Å². The molecule has 0 aliphatic carbocycles. The highest BCUT2D eigenvalue weighted by Crippen LogP contribution is 2.37. The van der Waals surface area contributed by atoms with Gasteiger partial charge in [-0.25, -0.2) is 4.39 Å². The predicted octanol–water partition coefficient (Wildman–Crippen LogP) is 3.06. The molecule has 7 heteroatoms. The van der Waals surface area contributed by atoms with Gasteiger partial charge in [0.05, 0.1) is 11.1 Å². The zero-order chi connectivity index (χ0) is 16.7. The molecule has 1 N–H and O–H groups in total. The van der Waals surface area contributed by atoms with E-state index in [1.54, 1.807) is 0 Å².